The van der Waals surface area contributed by atoms with Gasteiger partial charge in [-0.3, -0.25) is 9.69 Å². The molecule has 1 unspecified atom stereocenters. The van der Waals surface area contributed by atoms with E-state index in [1.807, 2.05) is 29.2 Å². The minimum atomic E-state index is -0.550. The first-order chi connectivity index (χ1) is 20.2. The third-order valence-electron chi connectivity index (χ3n) is 8.66. The van der Waals surface area contributed by atoms with Crippen LogP contribution in [0.1, 0.15) is 88.3 Å². The highest BCUT2D eigenvalue weighted by atomic mass is 16.5. The number of hydrogen-bond acceptors (Lipinski definition) is 3. The zero-order valence-electron chi connectivity index (χ0n) is 25.6. The number of benzene rings is 3. The summed E-state index contributed by atoms with van der Waals surface area (Å²) in [7, 11) is 0. The molecular formula is C37H50N2O2. The number of anilines is 1. The maximum absolute atomic E-state index is 13.8. The van der Waals surface area contributed by atoms with E-state index >= 15 is 0 Å². The van der Waals surface area contributed by atoms with Crippen LogP contribution < -0.4 is 4.90 Å². The van der Waals surface area contributed by atoms with Gasteiger partial charge in [0, 0.05) is 31.9 Å². The number of amides is 1. The normalized spacial score (nSPS) is 18.7. The third-order valence-corrected chi connectivity index (χ3v) is 8.66. The van der Waals surface area contributed by atoms with Crippen LogP contribution in [0.25, 0.3) is 0 Å². The lowest BCUT2D eigenvalue weighted by Gasteiger charge is -2.30. The van der Waals surface area contributed by atoms with Crippen LogP contribution >= 0.6 is 0 Å². The summed E-state index contributed by atoms with van der Waals surface area (Å²) in [6.07, 6.45) is 8.04. The van der Waals surface area contributed by atoms with Crippen LogP contribution in [0.15, 0.2) is 84.9 Å². The summed E-state index contributed by atoms with van der Waals surface area (Å²) in [5.74, 6) is 1.03. The Hall–Kier alpha value is -2.95. The van der Waals surface area contributed by atoms with Crippen molar-refractivity contribution >= 4 is 11.6 Å². The number of ether oxygens (including phenoxy) is 1. The lowest BCUT2D eigenvalue weighted by molar-refractivity contribution is -0.122. The Morgan fingerprint density at radius 3 is 2.00 bits per heavy atom. The van der Waals surface area contributed by atoms with Gasteiger partial charge in [-0.2, -0.15) is 0 Å². The molecule has 0 bridgehead atoms. The summed E-state index contributed by atoms with van der Waals surface area (Å²) in [5, 5.41) is 0. The molecule has 0 spiro atoms. The first-order valence-corrected chi connectivity index (χ1v) is 16.0. The zero-order valence-corrected chi connectivity index (χ0v) is 25.6. The van der Waals surface area contributed by atoms with Crippen LogP contribution in [-0.4, -0.2) is 50.2 Å². The molecule has 0 radical (unpaired) electrons. The van der Waals surface area contributed by atoms with E-state index in [2.05, 4.69) is 86.3 Å². The van der Waals surface area contributed by atoms with Crippen molar-refractivity contribution in [1.82, 2.24) is 4.90 Å². The number of carbonyl (C=O) groups is 1. The molecule has 2 heterocycles. The van der Waals surface area contributed by atoms with Gasteiger partial charge in [-0.1, -0.05) is 119 Å². The molecule has 1 fully saturated rings. The van der Waals surface area contributed by atoms with Gasteiger partial charge in [0.25, 0.3) is 0 Å². The van der Waals surface area contributed by atoms with Gasteiger partial charge in [0.1, 0.15) is 5.41 Å². The fraction of sp³-hybridized carbons (Fsp3) is 0.486. The van der Waals surface area contributed by atoms with Crippen LogP contribution in [-0.2, 0) is 14.9 Å². The van der Waals surface area contributed by atoms with Crippen LogP contribution in [0.4, 0.5) is 5.69 Å². The van der Waals surface area contributed by atoms with Gasteiger partial charge in [0.05, 0.1) is 13.2 Å². The highest BCUT2D eigenvalue weighted by Gasteiger charge is 2.50. The quantitative estimate of drug-likeness (QED) is 0.226. The molecule has 5 rings (SSSR count). The van der Waals surface area contributed by atoms with Crippen molar-refractivity contribution in [2.24, 2.45) is 0 Å². The molecule has 3 aromatic carbocycles. The van der Waals surface area contributed by atoms with Gasteiger partial charge < -0.3 is 9.64 Å². The predicted molar refractivity (Wildman–Crippen MR) is 172 cm³/mol. The van der Waals surface area contributed by atoms with E-state index in [1.165, 1.54) is 36.8 Å². The summed E-state index contributed by atoms with van der Waals surface area (Å²) >= 11 is 0. The molecule has 4 nitrogen and oxygen atoms in total. The number of hydrogen-bond donors (Lipinski definition) is 0. The molecule has 2 aliphatic heterocycles. The molecule has 0 aliphatic carbocycles. The fourth-order valence-electron chi connectivity index (χ4n) is 6.69. The van der Waals surface area contributed by atoms with Gasteiger partial charge in [-0.15, -0.1) is 0 Å². The molecule has 0 aromatic heterocycles. The van der Waals surface area contributed by atoms with Gasteiger partial charge in [-0.25, -0.2) is 0 Å². The highest BCUT2D eigenvalue weighted by Crippen LogP contribution is 2.48. The molecule has 1 atom stereocenters. The number of para-hydroxylation sites is 1. The van der Waals surface area contributed by atoms with Crippen molar-refractivity contribution in [1.29, 1.82) is 0 Å². The van der Waals surface area contributed by atoms with Crippen LogP contribution in [0, 0.1) is 0 Å². The monoisotopic (exact) mass is 554 g/mol. The van der Waals surface area contributed by atoms with E-state index in [1.54, 1.807) is 0 Å². The van der Waals surface area contributed by atoms with Crippen molar-refractivity contribution in [3.63, 3.8) is 0 Å². The van der Waals surface area contributed by atoms with E-state index in [0.29, 0.717) is 0 Å². The van der Waals surface area contributed by atoms with Gasteiger partial charge >= 0.3 is 0 Å². The standard InChI is InChI=1S/C24H30N2O2.C13H20/c1-2-13-24(20-9-4-3-5-10-20)21-11-6-7-12-22(21)26(23(24)27)15-8-14-25-16-18-28-19-17-25;1-3-8-12(9-4-2)13-10-6-5-7-11-13/h3-7,9-12H,2,8,13-19H2,1H3;5-7,10-12H,3-4,8-9H2,1-2H3. The van der Waals surface area contributed by atoms with Crippen LogP contribution in [0.2, 0.25) is 0 Å². The van der Waals surface area contributed by atoms with E-state index in [-0.39, 0.29) is 5.91 Å². The lowest BCUT2D eigenvalue weighted by Crippen LogP contribution is -2.43. The SMILES string of the molecule is CCCC(CCC)c1ccccc1.CCCC1(c2ccccc2)C(=O)N(CCCN2CCOCC2)c2ccccc21. The first kappa shape index (κ1) is 31.0. The van der Waals surface area contributed by atoms with Crippen molar-refractivity contribution < 1.29 is 9.53 Å². The smallest absolute Gasteiger partial charge is 0.242 e. The Balaban J connectivity index is 0.000000251. The van der Waals surface area contributed by atoms with E-state index in [9.17, 15) is 4.79 Å². The molecule has 2 aliphatic rings. The fourth-order valence-corrected chi connectivity index (χ4v) is 6.69. The van der Waals surface area contributed by atoms with Gasteiger partial charge in [0.2, 0.25) is 5.91 Å². The number of rotatable bonds is 12. The number of morpholine rings is 1. The molecule has 41 heavy (non-hydrogen) atoms. The Labute approximate surface area is 248 Å². The number of fused-ring (bicyclic) bond motifs is 1. The Bertz CT molecular complexity index is 1170. The summed E-state index contributed by atoms with van der Waals surface area (Å²) in [6.45, 7) is 12.1. The number of nitrogens with zero attached hydrogens (tertiary/aromatic N) is 2. The Morgan fingerprint density at radius 1 is 0.756 bits per heavy atom. The van der Waals surface area contributed by atoms with Crippen LogP contribution in [0.3, 0.4) is 0 Å². The molecule has 0 N–H and O–H groups in total. The van der Waals surface area contributed by atoms with E-state index in [4.69, 9.17) is 4.74 Å². The lowest BCUT2D eigenvalue weighted by atomic mass is 9.72. The van der Waals surface area contributed by atoms with Crippen molar-refractivity contribution in [2.75, 3.05) is 44.3 Å². The summed E-state index contributed by atoms with van der Waals surface area (Å²) in [4.78, 5) is 18.3. The first-order valence-electron chi connectivity index (χ1n) is 16.0. The second-order valence-electron chi connectivity index (χ2n) is 11.5. The van der Waals surface area contributed by atoms with Crippen molar-refractivity contribution in [2.45, 2.75) is 77.0 Å². The summed E-state index contributed by atoms with van der Waals surface area (Å²) in [6, 6.07) is 29.6. The maximum atomic E-state index is 13.8. The minimum Gasteiger partial charge on any atom is -0.379 e. The molecule has 220 valence electrons. The van der Waals surface area contributed by atoms with Gasteiger partial charge in [-0.05, 0) is 54.4 Å². The molecule has 4 heteroatoms. The molecule has 1 amide bonds. The number of carbonyl (C=O) groups excluding carboxylic acids is 1. The summed E-state index contributed by atoms with van der Waals surface area (Å²) in [5.41, 5.74) is 4.34. The second kappa shape index (κ2) is 15.9. The molecule has 0 saturated carbocycles. The summed E-state index contributed by atoms with van der Waals surface area (Å²) < 4.78 is 5.44. The van der Waals surface area contributed by atoms with E-state index < -0.39 is 5.41 Å². The average Bonchev–Trinajstić information content (AvgIpc) is 3.26. The Morgan fingerprint density at radius 2 is 1.37 bits per heavy atom. The average molecular weight is 555 g/mol. The predicted octanol–water partition coefficient (Wildman–Crippen LogP) is 8.21. The minimum absolute atomic E-state index is 0.240. The molecule has 3 aromatic rings. The van der Waals surface area contributed by atoms with E-state index in [0.717, 1.165) is 75.8 Å². The molecule has 1 saturated heterocycles. The zero-order chi connectivity index (χ0) is 28.9. The second-order valence-corrected chi connectivity index (χ2v) is 11.5. The maximum Gasteiger partial charge on any atom is 0.242 e. The largest absolute Gasteiger partial charge is 0.379 e. The van der Waals surface area contributed by atoms with Crippen molar-refractivity contribution in [3.05, 3.63) is 102 Å². The highest BCUT2D eigenvalue weighted by molar-refractivity contribution is 6.10. The van der Waals surface area contributed by atoms with Gasteiger partial charge in [0.15, 0.2) is 0 Å². The van der Waals surface area contributed by atoms with Crippen LogP contribution in [0.5, 0.6) is 0 Å². The Kier molecular flexibility index (Phi) is 12.0. The molecular weight excluding hydrogens is 504 g/mol. The van der Waals surface area contributed by atoms with Crippen molar-refractivity contribution in [3.8, 4) is 0 Å². The third kappa shape index (κ3) is 7.47. The topological polar surface area (TPSA) is 32.8 Å².